The number of amides is 1. The minimum absolute atomic E-state index is 0.0625. The van der Waals surface area contributed by atoms with Crippen LogP contribution in [0.5, 0.6) is 0 Å². The molecule has 0 atom stereocenters. The summed E-state index contributed by atoms with van der Waals surface area (Å²) >= 11 is 1.70. The van der Waals surface area contributed by atoms with Crippen molar-refractivity contribution in [3.63, 3.8) is 0 Å². The van der Waals surface area contributed by atoms with Crippen molar-refractivity contribution in [3.8, 4) is 0 Å². The monoisotopic (exact) mass is 425 g/mol. The van der Waals surface area contributed by atoms with Gasteiger partial charge in [0.25, 0.3) is 5.69 Å². The first-order valence-electron chi connectivity index (χ1n) is 9.31. The smallest absolute Gasteiger partial charge is 0.293 e. The van der Waals surface area contributed by atoms with Gasteiger partial charge in [-0.2, -0.15) is 0 Å². The number of carbonyl (C=O) groups is 2. The number of fused-ring (bicyclic) bond motifs is 1. The molecule has 154 valence electrons. The Kier molecular flexibility index (Phi) is 5.32. The number of aromatic nitrogens is 2. The number of hydrogen-bond donors (Lipinski definition) is 1. The maximum absolute atomic E-state index is 12.6. The zero-order chi connectivity index (χ0) is 21.3. The topological polar surface area (TPSA) is 110 Å². The van der Waals surface area contributed by atoms with Crippen LogP contribution in [0.25, 0.3) is 0 Å². The Hall–Kier alpha value is -3.53. The van der Waals surface area contributed by atoms with Crippen molar-refractivity contribution in [3.05, 3.63) is 74.0 Å². The van der Waals surface area contributed by atoms with Gasteiger partial charge in [0, 0.05) is 49.0 Å². The molecular weight excluding hydrogens is 406 g/mol. The Balaban J connectivity index is 1.47. The standard InChI is InChI=1S/C20H19N5O4S/c1-23-8-6-21-20(23)19(27)13-2-3-15(16(10-13)25(28)29)22-11-18(26)24-7-4-17-14(12-24)5-9-30-17/h2-3,5-6,8-10,22H,4,7,11-12H2,1H3. The molecule has 0 saturated carbocycles. The van der Waals surface area contributed by atoms with E-state index in [1.54, 1.807) is 34.0 Å². The van der Waals surface area contributed by atoms with Crippen LogP contribution in [0.15, 0.2) is 42.0 Å². The number of rotatable bonds is 6. The lowest BCUT2D eigenvalue weighted by Crippen LogP contribution is -2.38. The summed E-state index contributed by atoms with van der Waals surface area (Å²) in [6.45, 7) is 1.12. The number of carbonyl (C=O) groups excluding carboxylic acids is 2. The lowest BCUT2D eigenvalue weighted by Gasteiger charge is -2.27. The Morgan fingerprint density at radius 3 is 2.90 bits per heavy atom. The number of imidazole rings is 1. The molecule has 9 nitrogen and oxygen atoms in total. The van der Waals surface area contributed by atoms with Crippen molar-refractivity contribution in [2.75, 3.05) is 18.4 Å². The van der Waals surface area contributed by atoms with E-state index in [4.69, 9.17) is 0 Å². The molecule has 1 aromatic carbocycles. The van der Waals surface area contributed by atoms with Gasteiger partial charge in [0.05, 0.1) is 11.5 Å². The van der Waals surface area contributed by atoms with Gasteiger partial charge >= 0.3 is 0 Å². The van der Waals surface area contributed by atoms with Crippen LogP contribution in [0.2, 0.25) is 0 Å². The van der Waals surface area contributed by atoms with E-state index in [2.05, 4.69) is 10.3 Å². The molecule has 1 amide bonds. The first-order valence-corrected chi connectivity index (χ1v) is 10.2. The van der Waals surface area contributed by atoms with E-state index in [0.717, 1.165) is 12.0 Å². The van der Waals surface area contributed by atoms with Crippen LogP contribution in [-0.4, -0.2) is 44.2 Å². The average Bonchev–Trinajstić information content (AvgIpc) is 3.39. The molecule has 3 aromatic rings. The largest absolute Gasteiger partial charge is 0.371 e. The third-order valence-corrected chi connectivity index (χ3v) is 6.09. The van der Waals surface area contributed by atoms with Crippen LogP contribution in [0.4, 0.5) is 11.4 Å². The fraction of sp³-hybridized carbons (Fsp3) is 0.250. The molecule has 0 aliphatic carbocycles. The van der Waals surface area contributed by atoms with Crippen molar-refractivity contribution < 1.29 is 14.5 Å². The Morgan fingerprint density at radius 1 is 1.33 bits per heavy atom. The summed E-state index contributed by atoms with van der Waals surface area (Å²) in [5, 5.41) is 16.4. The predicted molar refractivity (Wildman–Crippen MR) is 112 cm³/mol. The molecule has 30 heavy (non-hydrogen) atoms. The van der Waals surface area contributed by atoms with E-state index in [1.807, 2.05) is 11.4 Å². The van der Waals surface area contributed by atoms with Gasteiger partial charge in [-0.05, 0) is 35.6 Å². The third-order valence-electron chi connectivity index (χ3n) is 5.07. The lowest BCUT2D eigenvalue weighted by atomic mass is 10.1. The highest BCUT2D eigenvalue weighted by molar-refractivity contribution is 7.10. The van der Waals surface area contributed by atoms with Crippen LogP contribution < -0.4 is 5.32 Å². The molecule has 2 aromatic heterocycles. The Bertz CT molecular complexity index is 1140. The average molecular weight is 425 g/mol. The highest BCUT2D eigenvalue weighted by atomic mass is 32.1. The molecule has 1 N–H and O–H groups in total. The SMILES string of the molecule is Cn1ccnc1C(=O)c1ccc(NCC(=O)N2CCc3sccc3C2)c([N+](=O)[O-])c1. The highest BCUT2D eigenvalue weighted by Crippen LogP contribution is 2.27. The summed E-state index contributed by atoms with van der Waals surface area (Å²) in [5.41, 5.74) is 1.25. The second-order valence-electron chi connectivity index (χ2n) is 6.97. The Labute approximate surface area is 176 Å². The van der Waals surface area contributed by atoms with E-state index < -0.39 is 10.7 Å². The second-order valence-corrected chi connectivity index (χ2v) is 7.97. The van der Waals surface area contributed by atoms with Crippen molar-refractivity contribution in [2.45, 2.75) is 13.0 Å². The number of hydrogen-bond acceptors (Lipinski definition) is 7. The number of anilines is 1. The predicted octanol–water partition coefficient (Wildman–Crippen LogP) is 2.62. The van der Waals surface area contributed by atoms with Crippen molar-refractivity contribution in [1.82, 2.24) is 14.5 Å². The van der Waals surface area contributed by atoms with E-state index in [0.29, 0.717) is 13.1 Å². The minimum Gasteiger partial charge on any atom is -0.371 e. The number of nitrogens with one attached hydrogen (secondary N) is 1. The van der Waals surface area contributed by atoms with Crippen molar-refractivity contribution in [2.24, 2.45) is 7.05 Å². The molecular formula is C20H19N5O4S. The summed E-state index contributed by atoms with van der Waals surface area (Å²) in [7, 11) is 1.68. The molecule has 0 bridgehead atoms. The number of benzene rings is 1. The number of nitro groups is 1. The van der Waals surface area contributed by atoms with E-state index in [9.17, 15) is 19.7 Å². The third kappa shape index (κ3) is 3.81. The molecule has 0 radical (unpaired) electrons. The molecule has 1 aliphatic rings. The molecule has 4 rings (SSSR count). The van der Waals surface area contributed by atoms with Gasteiger partial charge in [0.2, 0.25) is 11.7 Å². The highest BCUT2D eigenvalue weighted by Gasteiger charge is 2.24. The van der Waals surface area contributed by atoms with Crippen LogP contribution in [-0.2, 0) is 24.8 Å². The van der Waals surface area contributed by atoms with Crippen molar-refractivity contribution >= 4 is 34.4 Å². The van der Waals surface area contributed by atoms with Gasteiger partial charge in [0.15, 0.2) is 5.82 Å². The van der Waals surface area contributed by atoms with E-state index in [-0.39, 0.29) is 35.2 Å². The van der Waals surface area contributed by atoms with Gasteiger partial charge in [-0.3, -0.25) is 19.7 Å². The number of thiophene rings is 1. The molecule has 10 heteroatoms. The summed E-state index contributed by atoms with van der Waals surface area (Å²) in [5.74, 6) is -0.347. The quantitative estimate of drug-likeness (QED) is 0.369. The zero-order valence-corrected chi connectivity index (χ0v) is 17.0. The molecule has 0 saturated heterocycles. The fourth-order valence-corrected chi connectivity index (χ4v) is 4.32. The zero-order valence-electron chi connectivity index (χ0n) is 16.2. The number of nitrogens with zero attached hydrogens (tertiary/aromatic N) is 4. The van der Waals surface area contributed by atoms with Crippen LogP contribution >= 0.6 is 11.3 Å². The van der Waals surface area contributed by atoms with Gasteiger partial charge in [-0.1, -0.05) is 0 Å². The summed E-state index contributed by atoms with van der Waals surface area (Å²) in [6.07, 6.45) is 3.94. The molecule has 0 fully saturated rings. The normalized spacial score (nSPS) is 13.0. The fourth-order valence-electron chi connectivity index (χ4n) is 3.43. The minimum atomic E-state index is -0.569. The molecule has 3 heterocycles. The maximum Gasteiger partial charge on any atom is 0.293 e. The first-order chi connectivity index (χ1) is 14.4. The summed E-state index contributed by atoms with van der Waals surface area (Å²) in [6, 6.07) is 6.18. The van der Waals surface area contributed by atoms with Gasteiger partial charge < -0.3 is 14.8 Å². The number of aryl methyl sites for hydroxylation is 1. The van der Waals surface area contributed by atoms with Gasteiger partial charge in [-0.15, -0.1) is 11.3 Å². The van der Waals surface area contributed by atoms with Gasteiger partial charge in [0.1, 0.15) is 5.69 Å². The molecule has 0 unspecified atom stereocenters. The Morgan fingerprint density at radius 2 is 2.17 bits per heavy atom. The number of nitro benzene ring substituents is 1. The van der Waals surface area contributed by atoms with Crippen molar-refractivity contribution in [1.29, 1.82) is 0 Å². The van der Waals surface area contributed by atoms with E-state index in [1.165, 1.54) is 29.3 Å². The molecule has 0 spiro atoms. The maximum atomic E-state index is 12.6. The van der Waals surface area contributed by atoms with E-state index >= 15 is 0 Å². The van der Waals surface area contributed by atoms with Gasteiger partial charge in [-0.25, -0.2) is 4.98 Å². The lowest BCUT2D eigenvalue weighted by molar-refractivity contribution is -0.384. The first kappa shape index (κ1) is 19.8. The summed E-state index contributed by atoms with van der Waals surface area (Å²) in [4.78, 5) is 43.2. The molecule has 1 aliphatic heterocycles. The van der Waals surface area contributed by atoms with Crippen LogP contribution in [0.1, 0.15) is 26.6 Å². The summed E-state index contributed by atoms with van der Waals surface area (Å²) < 4.78 is 1.55. The van der Waals surface area contributed by atoms with Crippen LogP contribution in [0, 0.1) is 10.1 Å². The number of ketones is 1. The van der Waals surface area contributed by atoms with Crippen LogP contribution in [0.3, 0.4) is 0 Å². The second kappa shape index (κ2) is 8.07.